The van der Waals surface area contributed by atoms with Crippen molar-refractivity contribution in [3.05, 3.63) is 76.0 Å². The van der Waals surface area contributed by atoms with Crippen molar-refractivity contribution in [2.24, 2.45) is 16.8 Å². The van der Waals surface area contributed by atoms with Crippen LogP contribution in [0.1, 0.15) is 46.3 Å². The van der Waals surface area contributed by atoms with Gasteiger partial charge < -0.3 is 21.2 Å². The zero-order valence-electron chi connectivity index (χ0n) is 19.8. The van der Waals surface area contributed by atoms with E-state index in [0.29, 0.717) is 22.2 Å². The smallest absolute Gasteiger partial charge is 0.254 e. The molecule has 2 heterocycles. The molecule has 0 fully saturated rings. The van der Waals surface area contributed by atoms with E-state index in [-0.39, 0.29) is 12.6 Å². The van der Waals surface area contributed by atoms with Crippen LogP contribution >= 0.6 is 11.6 Å². The lowest BCUT2D eigenvalue weighted by Crippen LogP contribution is -2.33. The molecule has 0 spiro atoms. The number of rotatable bonds is 7. The third kappa shape index (κ3) is 4.71. The van der Waals surface area contributed by atoms with Gasteiger partial charge in [0.05, 0.1) is 28.5 Å². The highest BCUT2D eigenvalue weighted by molar-refractivity contribution is 6.34. The molecule has 4 aromatic rings. The van der Waals surface area contributed by atoms with Crippen molar-refractivity contribution in [2.45, 2.75) is 40.3 Å². The molecule has 10 nitrogen and oxygen atoms in total. The molecule has 0 radical (unpaired) electrons. The van der Waals surface area contributed by atoms with Gasteiger partial charge in [-0.3, -0.25) is 4.79 Å². The number of nitrogens with one attached hydrogen (secondary N) is 2. The Morgan fingerprint density at radius 1 is 1.20 bits per heavy atom. The summed E-state index contributed by atoms with van der Waals surface area (Å²) in [7, 11) is 0. The highest BCUT2D eigenvalue weighted by atomic mass is 35.5. The number of hydrazine groups is 1. The second-order valence-electron chi connectivity index (χ2n) is 8.21. The first-order valence-electron chi connectivity index (χ1n) is 11.2. The average molecular weight is 494 g/mol. The van der Waals surface area contributed by atoms with E-state index in [4.69, 9.17) is 23.3 Å². The van der Waals surface area contributed by atoms with Gasteiger partial charge in [-0.05, 0) is 50.6 Å². The minimum Gasteiger partial charge on any atom is -0.334 e. The standard InChI is InChI=1S/C24H28ClN9O/c1-4-5-21-22(23(30-26)31-27)18-10-14(2)6-9-20(18)33(21)12-29-24(35)17-8-7-16(11-19(17)25)34-13-28-15(3)32-34/h6-11,13H,4-5,12,26-27H2,1-3H3,(H,29,35)(H,30,31). The number of carbonyl (C=O) groups excluding carboxylic acids is 1. The first-order valence-corrected chi connectivity index (χ1v) is 11.6. The summed E-state index contributed by atoms with van der Waals surface area (Å²) >= 11 is 6.46. The molecule has 0 atom stereocenters. The minimum atomic E-state index is -0.293. The van der Waals surface area contributed by atoms with E-state index in [2.05, 4.69) is 43.5 Å². The Morgan fingerprint density at radius 3 is 2.63 bits per heavy atom. The molecule has 0 unspecified atom stereocenters. The van der Waals surface area contributed by atoms with Gasteiger partial charge in [0.2, 0.25) is 0 Å². The Hall–Kier alpha value is -3.89. The van der Waals surface area contributed by atoms with E-state index < -0.39 is 0 Å². The fourth-order valence-corrected chi connectivity index (χ4v) is 4.44. The van der Waals surface area contributed by atoms with Crippen LogP contribution in [-0.2, 0) is 13.1 Å². The zero-order valence-corrected chi connectivity index (χ0v) is 20.6. The van der Waals surface area contributed by atoms with E-state index >= 15 is 0 Å². The lowest BCUT2D eigenvalue weighted by Gasteiger charge is -2.14. The monoisotopic (exact) mass is 493 g/mol. The van der Waals surface area contributed by atoms with Gasteiger partial charge in [0, 0.05) is 16.6 Å². The van der Waals surface area contributed by atoms with Crippen LogP contribution in [0, 0.1) is 13.8 Å². The maximum Gasteiger partial charge on any atom is 0.254 e. The first-order chi connectivity index (χ1) is 16.9. The summed E-state index contributed by atoms with van der Waals surface area (Å²) in [4.78, 5) is 17.2. The first kappa shape index (κ1) is 24.2. The normalized spacial score (nSPS) is 11.7. The molecule has 0 aliphatic carbocycles. The van der Waals surface area contributed by atoms with Crippen molar-refractivity contribution in [1.82, 2.24) is 30.1 Å². The lowest BCUT2D eigenvalue weighted by atomic mass is 10.1. The molecule has 0 aliphatic rings. The topological polar surface area (TPSA) is 141 Å². The van der Waals surface area contributed by atoms with Crippen molar-refractivity contribution in [2.75, 3.05) is 0 Å². The third-order valence-corrected chi connectivity index (χ3v) is 6.09. The van der Waals surface area contributed by atoms with Gasteiger partial charge in [-0.15, -0.1) is 0 Å². The van der Waals surface area contributed by atoms with Crippen LogP contribution in [0.2, 0.25) is 5.02 Å². The summed E-state index contributed by atoms with van der Waals surface area (Å²) in [6.45, 7) is 6.14. The number of aryl methyl sites for hydroxylation is 2. The van der Waals surface area contributed by atoms with Gasteiger partial charge >= 0.3 is 0 Å². The number of halogens is 1. The third-order valence-electron chi connectivity index (χ3n) is 5.78. The molecule has 35 heavy (non-hydrogen) atoms. The number of amidine groups is 1. The number of hydrazone groups is 1. The predicted octanol–water partition coefficient (Wildman–Crippen LogP) is 2.92. The number of nitrogens with two attached hydrogens (primary N) is 2. The van der Waals surface area contributed by atoms with E-state index in [1.807, 2.05) is 19.1 Å². The molecule has 182 valence electrons. The number of hydrogen-bond acceptors (Lipinski definition) is 6. The molecule has 0 saturated carbocycles. The Morgan fingerprint density at radius 2 is 2.00 bits per heavy atom. The van der Waals surface area contributed by atoms with Crippen LogP contribution in [0.3, 0.4) is 0 Å². The molecule has 2 aromatic carbocycles. The number of fused-ring (bicyclic) bond motifs is 1. The maximum atomic E-state index is 13.1. The van der Waals surface area contributed by atoms with E-state index in [1.54, 1.807) is 36.1 Å². The molecular weight excluding hydrogens is 466 g/mol. The van der Waals surface area contributed by atoms with Crippen molar-refractivity contribution < 1.29 is 4.79 Å². The van der Waals surface area contributed by atoms with Gasteiger partial charge in [-0.2, -0.15) is 10.2 Å². The quantitative estimate of drug-likeness (QED) is 0.135. The SMILES string of the molecule is CCCc1c(/C(=N/N)NN)c2cc(C)ccc2n1CNC(=O)c1ccc(-n2cnc(C)n2)cc1Cl. The molecule has 0 bridgehead atoms. The van der Waals surface area contributed by atoms with Crippen LogP contribution in [0.5, 0.6) is 0 Å². The summed E-state index contributed by atoms with van der Waals surface area (Å²) in [6.07, 6.45) is 3.22. The molecule has 0 aliphatic heterocycles. The molecule has 0 saturated heterocycles. The summed E-state index contributed by atoms with van der Waals surface area (Å²) in [5, 5.41) is 12.4. The molecule has 4 rings (SSSR count). The Bertz CT molecular complexity index is 1420. The summed E-state index contributed by atoms with van der Waals surface area (Å²) in [6, 6.07) is 11.3. The lowest BCUT2D eigenvalue weighted by molar-refractivity contribution is 0.0942. The number of nitrogens with zero attached hydrogens (tertiary/aromatic N) is 5. The average Bonchev–Trinajstić information content (AvgIpc) is 3.40. The Kier molecular flexibility index (Phi) is 7.04. The number of aromatic nitrogens is 4. The maximum absolute atomic E-state index is 13.1. The minimum absolute atomic E-state index is 0.233. The van der Waals surface area contributed by atoms with Crippen LogP contribution in [0.15, 0.2) is 47.8 Å². The van der Waals surface area contributed by atoms with Crippen LogP contribution in [-0.4, -0.2) is 31.1 Å². The zero-order chi connectivity index (χ0) is 25.1. The highest BCUT2D eigenvalue weighted by Gasteiger charge is 2.21. The van der Waals surface area contributed by atoms with E-state index in [1.165, 1.54) is 0 Å². The van der Waals surface area contributed by atoms with E-state index in [0.717, 1.165) is 46.3 Å². The van der Waals surface area contributed by atoms with Crippen LogP contribution in [0.4, 0.5) is 0 Å². The number of carbonyl (C=O) groups is 1. The number of hydrogen-bond donors (Lipinski definition) is 4. The van der Waals surface area contributed by atoms with Gasteiger partial charge in [0.1, 0.15) is 12.2 Å². The van der Waals surface area contributed by atoms with Crippen LogP contribution in [0.25, 0.3) is 16.6 Å². The van der Waals surface area contributed by atoms with Crippen LogP contribution < -0.4 is 22.4 Å². The van der Waals surface area contributed by atoms with Gasteiger partial charge in [0.15, 0.2) is 5.84 Å². The van der Waals surface area contributed by atoms with E-state index in [9.17, 15) is 4.79 Å². The van der Waals surface area contributed by atoms with Gasteiger partial charge in [-0.25, -0.2) is 15.5 Å². The Labute approximate surface area is 207 Å². The highest BCUT2D eigenvalue weighted by Crippen LogP contribution is 2.29. The Balaban J connectivity index is 1.67. The van der Waals surface area contributed by atoms with Gasteiger partial charge in [0.25, 0.3) is 5.91 Å². The van der Waals surface area contributed by atoms with Crippen molar-refractivity contribution in [3.8, 4) is 5.69 Å². The number of amides is 1. The largest absolute Gasteiger partial charge is 0.334 e. The fraction of sp³-hybridized carbons (Fsp3) is 0.250. The summed E-state index contributed by atoms with van der Waals surface area (Å²) in [5.74, 6) is 12.1. The predicted molar refractivity (Wildman–Crippen MR) is 137 cm³/mol. The van der Waals surface area contributed by atoms with Crippen molar-refractivity contribution in [1.29, 1.82) is 0 Å². The fourth-order valence-electron chi connectivity index (χ4n) is 4.18. The summed E-state index contributed by atoms with van der Waals surface area (Å²) in [5.41, 5.74) is 7.52. The molecule has 2 aromatic heterocycles. The second kappa shape index (κ2) is 10.2. The molecule has 6 N–H and O–H groups in total. The second-order valence-corrected chi connectivity index (χ2v) is 8.61. The number of benzene rings is 2. The van der Waals surface area contributed by atoms with Crippen molar-refractivity contribution >= 4 is 34.2 Å². The van der Waals surface area contributed by atoms with Gasteiger partial charge in [-0.1, -0.05) is 36.6 Å². The van der Waals surface area contributed by atoms with Crippen molar-refractivity contribution in [3.63, 3.8) is 0 Å². The molecule has 11 heteroatoms. The molecule has 1 amide bonds. The summed E-state index contributed by atoms with van der Waals surface area (Å²) < 4.78 is 3.66. The molecular formula is C24H28ClN9O.